The Morgan fingerprint density at radius 3 is 3.05 bits per heavy atom. The van der Waals surface area contributed by atoms with Crippen molar-refractivity contribution in [2.24, 2.45) is 0 Å². The summed E-state index contributed by atoms with van der Waals surface area (Å²) >= 11 is 0. The third-order valence-corrected chi connectivity index (χ3v) is 3.27. The summed E-state index contributed by atoms with van der Waals surface area (Å²) in [5.41, 5.74) is 0.722. The van der Waals surface area contributed by atoms with Gasteiger partial charge >= 0.3 is 0 Å². The van der Waals surface area contributed by atoms with Gasteiger partial charge in [-0.2, -0.15) is 0 Å². The van der Waals surface area contributed by atoms with Crippen LogP contribution in [0.1, 0.15) is 0 Å². The minimum Gasteiger partial charge on any atom is -0.353 e. The lowest BCUT2D eigenvalue weighted by atomic mass is 10.1. The van der Waals surface area contributed by atoms with Gasteiger partial charge < -0.3 is 10.6 Å². The summed E-state index contributed by atoms with van der Waals surface area (Å²) in [4.78, 5) is 27.3. The fourth-order valence-corrected chi connectivity index (χ4v) is 2.19. The summed E-state index contributed by atoms with van der Waals surface area (Å²) in [6.45, 7) is 0.461. The summed E-state index contributed by atoms with van der Waals surface area (Å²) in [5.74, 6) is -0.259. The molecular formula is C14H14N4O2. The van der Waals surface area contributed by atoms with Crippen LogP contribution >= 0.6 is 0 Å². The molecule has 6 heteroatoms. The van der Waals surface area contributed by atoms with Crippen LogP contribution in [-0.2, 0) is 9.59 Å². The van der Waals surface area contributed by atoms with Gasteiger partial charge in [0.1, 0.15) is 6.04 Å². The van der Waals surface area contributed by atoms with Crippen molar-refractivity contribution < 1.29 is 9.59 Å². The number of nitrogens with zero attached hydrogens (tertiary/aromatic N) is 1. The number of fused-ring (bicyclic) bond motifs is 1. The van der Waals surface area contributed by atoms with Gasteiger partial charge in [0.2, 0.25) is 11.8 Å². The Morgan fingerprint density at radius 1 is 1.35 bits per heavy atom. The molecule has 0 spiro atoms. The Bertz CT molecular complexity index is 656. The van der Waals surface area contributed by atoms with Gasteiger partial charge in [-0.1, -0.05) is 12.1 Å². The third kappa shape index (κ3) is 2.46. The van der Waals surface area contributed by atoms with E-state index in [0.717, 1.165) is 16.5 Å². The van der Waals surface area contributed by atoms with Crippen LogP contribution in [0, 0.1) is 0 Å². The number of benzene rings is 1. The van der Waals surface area contributed by atoms with E-state index in [4.69, 9.17) is 0 Å². The molecule has 6 nitrogen and oxygen atoms in total. The average molecular weight is 270 g/mol. The highest BCUT2D eigenvalue weighted by atomic mass is 16.2. The smallest absolute Gasteiger partial charge is 0.243 e. The number of hydrogen-bond donors (Lipinski definition) is 3. The van der Waals surface area contributed by atoms with Crippen LogP contribution in [0.15, 0.2) is 36.7 Å². The number of pyridine rings is 1. The van der Waals surface area contributed by atoms with Gasteiger partial charge in [0.05, 0.1) is 12.2 Å². The van der Waals surface area contributed by atoms with Crippen LogP contribution in [-0.4, -0.2) is 35.9 Å². The topological polar surface area (TPSA) is 83.1 Å². The first-order valence-electron chi connectivity index (χ1n) is 6.38. The number of nitrogens with one attached hydrogen (secondary N) is 3. The zero-order valence-corrected chi connectivity index (χ0v) is 10.7. The maximum absolute atomic E-state index is 12.2. The number of rotatable bonds is 2. The molecule has 1 saturated heterocycles. The second-order valence-electron chi connectivity index (χ2n) is 4.63. The Hall–Kier alpha value is -2.47. The molecule has 0 aliphatic carbocycles. The first-order valence-corrected chi connectivity index (χ1v) is 6.38. The predicted molar refractivity (Wildman–Crippen MR) is 75.2 cm³/mol. The predicted octanol–water partition coefficient (Wildman–Crippen LogP) is 0.261. The summed E-state index contributed by atoms with van der Waals surface area (Å²) in [6.07, 6.45) is 3.44. The van der Waals surface area contributed by atoms with E-state index >= 15 is 0 Å². The monoisotopic (exact) mass is 270 g/mol. The SMILES string of the molecule is O=C1CNC(C(=O)Nc2cccc3ccncc23)CN1. The maximum Gasteiger partial charge on any atom is 0.243 e. The summed E-state index contributed by atoms with van der Waals surface area (Å²) < 4.78 is 0. The van der Waals surface area contributed by atoms with E-state index in [9.17, 15) is 9.59 Å². The van der Waals surface area contributed by atoms with Crippen LogP contribution < -0.4 is 16.0 Å². The molecular weight excluding hydrogens is 256 g/mol. The quantitative estimate of drug-likeness (QED) is 0.731. The van der Waals surface area contributed by atoms with E-state index in [1.54, 1.807) is 12.4 Å². The molecule has 1 aliphatic heterocycles. The Balaban J connectivity index is 1.79. The van der Waals surface area contributed by atoms with Crippen LogP contribution in [0.3, 0.4) is 0 Å². The standard InChI is InChI=1S/C14H14N4O2/c19-13-8-16-12(7-17-13)14(20)18-11-3-1-2-9-4-5-15-6-10(9)11/h1-6,12,16H,7-8H2,(H,17,19)(H,18,20). The largest absolute Gasteiger partial charge is 0.353 e. The highest BCUT2D eigenvalue weighted by Crippen LogP contribution is 2.22. The molecule has 2 heterocycles. The van der Waals surface area contributed by atoms with E-state index in [2.05, 4.69) is 20.9 Å². The second kappa shape index (κ2) is 5.26. The Kier molecular flexibility index (Phi) is 3.30. The van der Waals surface area contributed by atoms with E-state index in [1.807, 2.05) is 24.3 Å². The van der Waals surface area contributed by atoms with Crippen LogP contribution in [0.25, 0.3) is 10.8 Å². The summed E-state index contributed by atoms with van der Waals surface area (Å²) in [6, 6.07) is 7.16. The molecule has 2 aromatic rings. The van der Waals surface area contributed by atoms with E-state index in [-0.39, 0.29) is 18.4 Å². The van der Waals surface area contributed by atoms with Crippen molar-refractivity contribution in [2.75, 3.05) is 18.4 Å². The van der Waals surface area contributed by atoms with E-state index in [1.165, 1.54) is 0 Å². The van der Waals surface area contributed by atoms with Crippen molar-refractivity contribution in [3.63, 3.8) is 0 Å². The lowest BCUT2D eigenvalue weighted by molar-refractivity contribution is -0.124. The fraction of sp³-hybridized carbons (Fsp3) is 0.214. The highest BCUT2D eigenvalue weighted by molar-refractivity contribution is 6.04. The highest BCUT2D eigenvalue weighted by Gasteiger charge is 2.23. The molecule has 1 unspecified atom stereocenters. The number of piperazine rings is 1. The van der Waals surface area contributed by atoms with Gasteiger partial charge in [0, 0.05) is 24.3 Å². The molecule has 1 aliphatic rings. The van der Waals surface area contributed by atoms with Gasteiger partial charge in [-0.25, -0.2) is 0 Å². The molecule has 0 bridgehead atoms. The molecule has 3 rings (SSSR count). The van der Waals surface area contributed by atoms with Crippen LogP contribution in [0.5, 0.6) is 0 Å². The lowest BCUT2D eigenvalue weighted by Crippen LogP contribution is -2.56. The third-order valence-electron chi connectivity index (χ3n) is 3.27. The first kappa shape index (κ1) is 12.6. The Labute approximate surface area is 115 Å². The molecule has 1 fully saturated rings. The van der Waals surface area contributed by atoms with Gasteiger partial charge in [-0.3, -0.25) is 19.9 Å². The minimum absolute atomic E-state index is 0.0941. The number of carbonyl (C=O) groups is 2. The van der Waals surface area contributed by atoms with Crippen molar-refractivity contribution in [1.82, 2.24) is 15.6 Å². The van der Waals surface area contributed by atoms with Crippen molar-refractivity contribution in [3.05, 3.63) is 36.7 Å². The average Bonchev–Trinajstić information content (AvgIpc) is 2.48. The zero-order valence-electron chi connectivity index (χ0n) is 10.7. The minimum atomic E-state index is -0.417. The first-order chi connectivity index (χ1) is 9.74. The lowest BCUT2D eigenvalue weighted by Gasteiger charge is -2.23. The second-order valence-corrected chi connectivity index (χ2v) is 4.63. The molecule has 1 atom stereocenters. The van der Waals surface area contributed by atoms with Crippen molar-refractivity contribution >= 4 is 28.3 Å². The number of anilines is 1. The van der Waals surface area contributed by atoms with Gasteiger partial charge in [-0.15, -0.1) is 0 Å². The number of hydrogen-bond acceptors (Lipinski definition) is 4. The van der Waals surface area contributed by atoms with Crippen LogP contribution in [0.2, 0.25) is 0 Å². The van der Waals surface area contributed by atoms with E-state index in [0.29, 0.717) is 6.54 Å². The maximum atomic E-state index is 12.2. The normalized spacial score (nSPS) is 18.6. The molecule has 2 amide bonds. The number of amides is 2. The van der Waals surface area contributed by atoms with E-state index < -0.39 is 6.04 Å². The molecule has 3 N–H and O–H groups in total. The molecule has 0 radical (unpaired) electrons. The van der Waals surface area contributed by atoms with Gasteiger partial charge in [-0.05, 0) is 17.5 Å². The molecule has 20 heavy (non-hydrogen) atoms. The summed E-state index contributed by atoms with van der Waals surface area (Å²) in [5, 5.41) is 10.3. The molecule has 1 aromatic heterocycles. The molecule has 102 valence electrons. The van der Waals surface area contributed by atoms with Gasteiger partial charge in [0.25, 0.3) is 0 Å². The fourth-order valence-electron chi connectivity index (χ4n) is 2.19. The number of aromatic nitrogens is 1. The number of carbonyl (C=O) groups excluding carboxylic acids is 2. The molecule has 0 saturated carbocycles. The summed E-state index contributed by atoms with van der Waals surface area (Å²) in [7, 11) is 0. The molecule has 1 aromatic carbocycles. The Morgan fingerprint density at radius 2 is 2.25 bits per heavy atom. The zero-order chi connectivity index (χ0) is 13.9. The van der Waals surface area contributed by atoms with Crippen LogP contribution in [0.4, 0.5) is 5.69 Å². The van der Waals surface area contributed by atoms with Gasteiger partial charge in [0.15, 0.2) is 0 Å². The van der Waals surface area contributed by atoms with Crippen molar-refractivity contribution in [1.29, 1.82) is 0 Å². The van der Waals surface area contributed by atoms with Crippen molar-refractivity contribution in [2.45, 2.75) is 6.04 Å². The van der Waals surface area contributed by atoms with Crippen molar-refractivity contribution in [3.8, 4) is 0 Å².